The van der Waals surface area contributed by atoms with E-state index in [0.717, 1.165) is 12.5 Å². The number of hydrogen-bond acceptors (Lipinski definition) is 2. The summed E-state index contributed by atoms with van der Waals surface area (Å²) in [5, 5.41) is 3.45. The van der Waals surface area contributed by atoms with E-state index in [2.05, 4.69) is 70.2 Å². The summed E-state index contributed by atoms with van der Waals surface area (Å²) >= 11 is 0. The van der Waals surface area contributed by atoms with Crippen LogP contribution < -0.4 is 5.32 Å². The highest BCUT2D eigenvalue weighted by Gasteiger charge is 2.13. The van der Waals surface area contributed by atoms with Crippen molar-refractivity contribution >= 4 is 0 Å². The third kappa shape index (κ3) is 5.75. The molecule has 1 atom stereocenters. The highest BCUT2D eigenvalue weighted by molar-refractivity contribution is 5.30. The summed E-state index contributed by atoms with van der Waals surface area (Å²) in [7, 11) is 4.27. The SMILES string of the molecule is CNC(CN(C)CCC(C)C)c1cc(C)cc(C)c1. The molecule has 0 saturated heterocycles. The Kier molecular flexibility index (Phi) is 6.53. The minimum absolute atomic E-state index is 0.413. The van der Waals surface area contributed by atoms with Gasteiger partial charge in [0, 0.05) is 12.6 Å². The van der Waals surface area contributed by atoms with Crippen LogP contribution in [-0.4, -0.2) is 32.1 Å². The molecular weight excluding hydrogens is 232 g/mol. The van der Waals surface area contributed by atoms with Gasteiger partial charge in [-0.05, 0) is 52.4 Å². The maximum absolute atomic E-state index is 3.45. The lowest BCUT2D eigenvalue weighted by Crippen LogP contribution is -2.32. The van der Waals surface area contributed by atoms with Crippen molar-refractivity contribution in [1.82, 2.24) is 10.2 Å². The van der Waals surface area contributed by atoms with Crippen LogP contribution in [0.2, 0.25) is 0 Å². The zero-order chi connectivity index (χ0) is 14.4. The summed E-state index contributed by atoms with van der Waals surface area (Å²) in [5.41, 5.74) is 4.09. The molecule has 0 aliphatic heterocycles. The second-order valence-electron chi connectivity index (χ2n) is 6.21. The van der Waals surface area contributed by atoms with Gasteiger partial charge in [0.05, 0.1) is 0 Å². The molecule has 0 bridgehead atoms. The van der Waals surface area contributed by atoms with E-state index >= 15 is 0 Å². The molecule has 0 heterocycles. The molecule has 0 radical (unpaired) electrons. The normalized spacial score (nSPS) is 13.3. The molecule has 0 fully saturated rings. The van der Waals surface area contributed by atoms with E-state index in [4.69, 9.17) is 0 Å². The van der Waals surface area contributed by atoms with E-state index in [-0.39, 0.29) is 0 Å². The molecule has 1 rings (SSSR count). The standard InChI is InChI=1S/C17H30N2/c1-13(2)7-8-19(6)12-17(18-5)16-10-14(3)9-15(4)11-16/h9-11,13,17-18H,7-8,12H2,1-6H3. The highest BCUT2D eigenvalue weighted by atomic mass is 15.1. The van der Waals surface area contributed by atoms with Crippen molar-refractivity contribution in [2.75, 3.05) is 27.2 Å². The minimum Gasteiger partial charge on any atom is -0.312 e. The van der Waals surface area contributed by atoms with Crippen molar-refractivity contribution in [2.24, 2.45) is 5.92 Å². The zero-order valence-electron chi connectivity index (χ0n) is 13.5. The Labute approximate surface area is 119 Å². The number of benzene rings is 1. The summed E-state index contributed by atoms with van der Waals surface area (Å²) < 4.78 is 0. The summed E-state index contributed by atoms with van der Waals surface area (Å²) in [5.74, 6) is 0.775. The highest BCUT2D eigenvalue weighted by Crippen LogP contribution is 2.18. The van der Waals surface area contributed by atoms with Crippen molar-refractivity contribution in [3.8, 4) is 0 Å². The number of likely N-dealkylation sites (N-methyl/N-ethyl adjacent to an activating group) is 2. The summed E-state index contributed by atoms with van der Waals surface area (Å²) in [6.45, 7) is 11.1. The number of rotatable bonds is 7. The maximum Gasteiger partial charge on any atom is 0.0446 e. The van der Waals surface area contributed by atoms with E-state index in [0.29, 0.717) is 6.04 Å². The molecule has 0 saturated carbocycles. The van der Waals surface area contributed by atoms with Gasteiger partial charge in [-0.15, -0.1) is 0 Å². The second kappa shape index (κ2) is 7.66. The van der Waals surface area contributed by atoms with Crippen molar-refractivity contribution in [2.45, 2.75) is 40.2 Å². The predicted molar refractivity (Wildman–Crippen MR) is 84.7 cm³/mol. The third-order valence-corrected chi connectivity index (χ3v) is 3.58. The Bertz CT molecular complexity index is 365. The topological polar surface area (TPSA) is 15.3 Å². The first-order valence-corrected chi connectivity index (χ1v) is 7.36. The first kappa shape index (κ1) is 16.2. The van der Waals surface area contributed by atoms with E-state index < -0.39 is 0 Å². The lowest BCUT2D eigenvalue weighted by atomic mass is 10.0. The van der Waals surface area contributed by atoms with Crippen molar-refractivity contribution in [1.29, 1.82) is 0 Å². The van der Waals surface area contributed by atoms with Crippen molar-refractivity contribution in [3.63, 3.8) is 0 Å². The Morgan fingerprint density at radius 1 is 1.11 bits per heavy atom. The van der Waals surface area contributed by atoms with Gasteiger partial charge in [-0.1, -0.05) is 43.2 Å². The fourth-order valence-corrected chi connectivity index (χ4v) is 2.46. The predicted octanol–water partition coefficient (Wildman–Crippen LogP) is 3.54. The summed E-state index contributed by atoms with van der Waals surface area (Å²) in [6, 6.07) is 7.24. The smallest absolute Gasteiger partial charge is 0.0446 e. The van der Waals surface area contributed by atoms with E-state index in [1.807, 2.05) is 0 Å². The number of aryl methyl sites for hydroxylation is 2. The lowest BCUT2D eigenvalue weighted by molar-refractivity contribution is 0.279. The molecule has 0 aliphatic carbocycles. The monoisotopic (exact) mass is 262 g/mol. The van der Waals surface area contributed by atoms with Crippen LogP contribution in [0.4, 0.5) is 0 Å². The molecule has 0 aliphatic rings. The summed E-state index contributed by atoms with van der Waals surface area (Å²) in [4.78, 5) is 2.43. The Morgan fingerprint density at radius 3 is 2.16 bits per heavy atom. The fourth-order valence-electron chi connectivity index (χ4n) is 2.46. The van der Waals surface area contributed by atoms with Gasteiger partial charge >= 0.3 is 0 Å². The van der Waals surface area contributed by atoms with Gasteiger partial charge in [-0.25, -0.2) is 0 Å². The lowest BCUT2D eigenvalue weighted by Gasteiger charge is -2.25. The van der Waals surface area contributed by atoms with Crippen molar-refractivity contribution < 1.29 is 0 Å². The van der Waals surface area contributed by atoms with Crippen LogP contribution in [0.15, 0.2) is 18.2 Å². The quantitative estimate of drug-likeness (QED) is 0.808. The van der Waals surface area contributed by atoms with Crippen LogP contribution in [0.1, 0.15) is 43.0 Å². The molecule has 0 spiro atoms. The maximum atomic E-state index is 3.45. The average molecular weight is 262 g/mol. The number of nitrogens with zero attached hydrogens (tertiary/aromatic N) is 1. The van der Waals surface area contributed by atoms with Crippen LogP contribution >= 0.6 is 0 Å². The van der Waals surface area contributed by atoms with Gasteiger partial charge < -0.3 is 10.2 Å². The summed E-state index contributed by atoms with van der Waals surface area (Å²) in [6.07, 6.45) is 1.26. The molecule has 2 nitrogen and oxygen atoms in total. The third-order valence-electron chi connectivity index (χ3n) is 3.58. The van der Waals surface area contributed by atoms with Crippen molar-refractivity contribution in [3.05, 3.63) is 34.9 Å². The molecule has 0 aromatic heterocycles. The van der Waals surface area contributed by atoms with Crippen LogP contribution in [0.5, 0.6) is 0 Å². The minimum atomic E-state index is 0.413. The molecule has 2 heteroatoms. The van der Waals surface area contributed by atoms with Gasteiger partial charge in [0.1, 0.15) is 0 Å². The van der Waals surface area contributed by atoms with E-state index in [9.17, 15) is 0 Å². The average Bonchev–Trinajstić information content (AvgIpc) is 2.32. The molecule has 0 amide bonds. The first-order valence-electron chi connectivity index (χ1n) is 7.36. The molecule has 108 valence electrons. The fraction of sp³-hybridized carbons (Fsp3) is 0.647. The molecule has 1 aromatic carbocycles. The molecular formula is C17H30N2. The Balaban J connectivity index is 2.66. The number of nitrogens with one attached hydrogen (secondary N) is 1. The largest absolute Gasteiger partial charge is 0.312 e. The first-order chi connectivity index (χ1) is 8.92. The van der Waals surface area contributed by atoms with Gasteiger partial charge in [-0.3, -0.25) is 0 Å². The van der Waals surface area contributed by atoms with Gasteiger partial charge in [0.2, 0.25) is 0 Å². The Hall–Kier alpha value is -0.860. The molecule has 19 heavy (non-hydrogen) atoms. The van der Waals surface area contributed by atoms with Crippen LogP contribution in [0.3, 0.4) is 0 Å². The van der Waals surface area contributed by atoms with Crippen LogP contribution in [0, 0.1) is 19.8 Å². The zero-order valence-corrected chi connectivity index (χ0v) is 13.5. The second-order valence-corrected chi connectivity index (χ2v) is 6.21. The van der Waals surface area contributed by atoms with Gasteiger partial charge in [0.15, 0.2) is 0 Å². The van der Waals surface area contributed by atoms with E-state index in [1.54, 1.807) is 0 Å². The van der Waals surface area contributed by atoms with Gasteiger partial charge in [0.25, 0.3) is 0 Å². The van der Waals surface area contributed by atoms with E-state index in [1.165, 1.54) is 29.7 Å². The molecule has 1 N–H and O–H groups in total. The molecule has 1 aromatic rings. The van der Waals surface area contributed by atoms with Crippen LogP contribution in [-0.2, 0) is 0 Å². The van der Waals surface area contributed by atoms with Gasteiger partial charge in [-0.2, -0.15) is 0 Å². The Morgan fingerprint density at radius 2 is 1.68 bits per heavy atom. The number of hydrogen-bond donors (Lipinski definition) is 1. The molecule has 1 unspecified atom stereocenters. The van der Waals surface area contributed by atoms with Crippen LogP contribution in [0.25, 0.3) is 0 Å².